The van der Waals surface area contributed by atoms with E-state index in [1.807, 2.05) is 41.0 Å². The summed E-state index contributed by atoms with van der Waals surface area (Å²) in [6, 6.07) is 23.1. The Morgan fingerprint density at radius 3 is 2.46 bits per heavy atom. The Bertz CT molecular complexity index is 1040. The topological polar surface area (TPSA) is 55.1 Å². The van der Waals surface area contributed by atoms with Crippen LogP contribution >= 0.6 is 0 Å². The van der Waals surface area contributed by atoms with Crippen molar-refractivity contribution >= 4 is 17.0 Å². The third-order valence-electron chi connectivity index (χ3n) is 4.04. The smallest absolute Gasteiger partial charge is 0.335 e. The Kier molecular flexibility index (Phi) is 3.35. The molecule has 1 heterocycles. The zero-order valence-corrected chi connectivity index (χ0v) is 12.8. The van der Waals surface area contributed by atoms with Gasteiger partial charge in [0.25, 0.3) is 0 Å². The van der Waals surface area contributed by atoms with Crippen molar-refractivity contribution in [3.05, 3.63) is 84.7 Å². The Morgan fingerprint density at radius 1 is 0.917 bits per heavy atom. The highest BCUT2D eigenvalue weighted by Crippen LogP contribution is 2.29. The number of carboxylic acid groups (broad SMARTS) is 1. The maximum absolute atomic E-state index is 11.3. The average molecular weight is 314 g/mol. The predicted molar refractivity (Wildman–Crippen MR) is 93.5 cm³/mol. The van der Waals surface area contributed by atoms with Crippen molar-refractivity contribution in [2.45, 2.75) is 0 Å². The van der Waals surface area contributed by atoms with Gasteiger partial charge < -0.3 is 5.11 Å². The van der Waals surface area contributed by atoms with Gasteiger partial charge in [-0.2, -0.15) is 0 Å². The van der Waals surface area contributed by atoms with Gasteiger partial charge in [0, 0.05) is 5.56 Å². The van der Waals surface area contributed by atoms with Gasteiger partial charge in [0.1, 0.15) is 6.33 Å². The molecule has 0 aliphatic rings. The second-order valence-electron chi connectivity index (χ2n) is 5.51. The molecule has 0 aliphatic heterocycles. The van der Waals surface area contributed by atoms with Crippen LogP contribution in [-0.4, -0.2) is 20.6 Å². The normalized spacial score (nSPS) is 10.8. The van der Waals surface area contributed by atoms with Crippen molar-refractivity contribution in [3.63, 3.8) is 0 Å². The third kappa shape index (κ3) is 2.34. The maximum atomic E-state index is 11.3. The summed E-state index contributed by atoms with van der Waals surface area (Å²) in [7, 11) is 0. The van der Waals surface area contributed by atoms with Crippen LogP contribution < -0.4 is 0 Å². The van der Waals surface area contributed by atoms with E-state index in [-0.39, 0.29) is 5.56 Å². The average Bonchev–Trinajstić information content (AvgIpc) is 3.05. The van der Waals surface area contributed by atoms with Gasteiger partial charge >= 0.3 is 5.97 Å². The Hall–Kier alpha value is -3.40. The van der Waals surface area contributed by atoms with Gasteiger partial charge in [-0.05, 0) is 29.8 Å². The summed E-state index contributed by atoms with van der Waals surface area (Å²) < 4.78 is 1.93. The lowest BCUT2D eigenvalue weighted by Gasteiger charge is -2.11. The Labute approximate surface area is 138 Å². The van der Waals surface area contributed by atoms with E-state index in [9.17, 15) is 9.90 Å². The number of hydrogen-bond acceptors (Lipinski definition) is 2. The molecular weight excluding hydrogens is 300 g/mol. The van der Waals surface area contributed by atoms with Crippen molar-refractivity contribution in [2.75, 3.05) is 0 Å². The number of hydrogen-bond donors (Lipinski definition) is 1. The molecule has 0 fully saturated rings. The lowest BCUT2D eigenvalue weighted by Crippen LogP contribution is -1.98. The van der Waals surface area contributed by atoms with Crippen LogP contribution in [0.1, 0.15) is 10.4 Å². The van der Waals surface area contributed by atoms with Crippen molar-refractivity contribution < 1.29 is 9.90 Å². The highest BCUT2D eigenvalue weighted by molar-refractivity contribution is 5.93. The van der Waals surface area contributed by atoms with Gasteiger partial charge in [-0.1, -0.05) is 48.5 Å². The first-order chi connectivity index (χ1) is 11.7. The number of carbonyl (C=O) groups is 1. The molecule has 1 aromatic heterocycles. The molecule has 0 saturated carbocycles. The molecule has 0 bridgehead atoms. The molecule has 4 nitrogen and oxygen atoms in total. The number of carboxylic acids is 1. The SMILES string of the molecule is O=C(O)c1ccc2ncn(-c3ccccc3-c3ccccc3)c2c1. The van der Waals surface area contributed by atoms with Crippen LogP contribution in [0.4, 0.5) is 0 Å². The molecular formula is C20H14N2O2. The number of fused-ring (bicyclic) bond motifs is 1. The molecule has 0 amide bonds. The fraction of sp³-hybridized carbons (Fsp3) is 0. The second kappa shape index (κ2) is 5.66. The van der Waals surface area contributed by atoms with Crippen LogP contribution in [0.3, 0.4) is 0 Å². The molecule has 4 heteroatoms. The van der Waals surface area contributed by atoms with E-state index in [0.29, 0.717) is 0 Å². The van der Waals surface area contributed by atoms with E-state index >= 15 is 0 Å². The number of benzene rings is 3. The predicted octanol–water partition coefficient (Wildman–Crippen LogP) is 4.39. The zero-order valence-electron chi connectivity index (χ0n) is 12.8. The second-order valence-corrected chi connectivity index (χ2v) is 5.51. The van der Waals surface area contributed by atoms with E-state index in [1.165, 1.54) is 0 Å². The molecule has 24 heavy (non-hydrogen) atoms. The van der Waals surface area contributed by atoms with E-state index in [4.69, 9.17) is 0 Å². The van der Waals surface area contributed by atoms with E-state index < -0.39 is 5.97 Å². The fourth-order valence-corrected chi connectivity index (χ4v) is 2.88. The van der Waals surface area contributed by atoms with Gasteiger partial charge in [-0.15, -0.1) is 0 Å². The molecule has 0 unspecified atom stereocenters. The number of rotatable bonds is 3. The lowest BCUT2D eigenvalue weighted by atomic mass is 10.0. The van der Waals surface area contributed by atoms with Crippen LogP contribution in [-0.2, 0) is 0 Å². The fourth-order valence-electron chi connectivity index (χ4n) is 2.88. The number of imidazole rings is 1. The van der Waals surface area contributed by atoms with E-state index in [0.717, 1.165) is 27.8 Å². The van der Waals surface area contributed by atoms with Crippen LogP contribution in [0, 0.1) is 0 Å². The van der Waals surface area contributed by atoms with Crippen LogP contribution in [0.2, 0.25) is 0 Å². The van der Waals surface area contributed by atoms with E-state index in [2.05, 4.69) is 23.2 Å². The lowest BCUT2D eigenvalue weighted by molar-refractivity contribution is 0.0697. The standard InChI is InChI=1S/C20H14N2O2/c23-20(24)15-10-11-17-19(12-15)22(13-21-17)18-9-5-4-8-16(18)14-6-2-1-3-7-14/h1-13H,(H,23,24). The first-order valence-electron chi connectivity index (χ1n) is 7.59. The summed E-state index contributed by atoms with van der Waals surface area (Å²) in [4.78, 5) is 15.7. The molecule has 0 spiro atoms. The van der Waals surface area contributed by atoms with Crippen LogP contribution in [0.5, 0.6) is 0 Å². The minimum atomic E-state index is -0.944. The van der Waals surface area contributed by atoms with Gasteiger partial charge in [0.05, 0.1) is 22.3 Å². The Balaban J connectivity index is 1.96. The summed E-state index contributed by atoms with van der Waals surface area (Å²) in [5, 5.41) is 9.25. The van der Waals surface area contributed by atoms with Gasteiger partial charge in [0.2, 0.25) is 0 Å². The van der Waals surface area contributed by atoms with Crippen molar-refractivity contribution in [3.8, 4) is 16.8 Å². The minimum Gasteiger partial charge on any atom is -0.478 e. The molecule has 3 aromatic carbocycles. The molecule has 4 aromatic rings. The van der Waals surface area contributed by atoms with Crippen molar-refractivity contribution in [1.29, 1.82) is 0 Å². The molecule has 1 N–H and O–H groups in total. The zero-order chi connectivity index (χ0) is 16.5. The number of aromatic carboxylic acids is 1. The summed E-state index contributed by atoms with van der Waals surface area (Å²) >= 11 is 0. The first kappa shape index (κ1) is 14.2. The van der Waals surface area contributed by atoms with E-state index in [1.54, 1.807) is 24.5 Å². The minimum absolute atomic E-state index is 0.251. The third-order valence-corrected chi connectivity index (χ3v) is 4.04. The van der Waals surface area contributed by atoms with Crippen molar-refractivity contribution in [1.82, 2.24) is 9.55 Å². The number of aromatic nitrogens is 2. The molecule has 0 radical (unpaired) electrons. The molecule has 116 valence electrons. The summed E-state index contributed by atoms with van der Waals surface area (Å²) in [6.45, 7) is 0. The van der Waals surface area contributed by atoms with Gasteiger partial charge in [-0.3, -0.25) is 4.57 Å². The highest BCUT2D eigenvalue weighted by atomic mass is 16.4. The summed E-state index contributed by atoms with van der Waals surface area (Å²) in [6.07, 6.45) is 1.73. The maximum Gasteiger partial charge on any atom is 0.335 e. The summed E-state index contributed by atoms with van der Waals surface area (Å²) in [5.74, 6) is -0.944. The van der Waals surface area contributed by atoms with Gasteiger partial charge in [0.15, 0.2) is 0 Å². The highest BCUT2D eigenvalue weighted by Gasteiger charge is 2.12. The largest absolute Gasteiger partial charge is 0.478 e. The van der Waals surface area contributed by atoms with Crippen LogP contribution in [0.15, 0.2) is 79.1 Å². The molecule has 0 atom stereocenters. The molecule has 4 rings (SSSR count). The van der Waals surface area contributed by atoms with Crippen LogP contribution in [0.25, 0.3) is 27.8 Å². The Morgan fingerprint density at radius 2 is 1.67 bits per heavy atom. The quantitative estimate of drug-likeness (QED) is 0.610. The summed E-state index contributed by atoms with van der Waals surface area (Å²) in [5.41, 5.74) is 4.93. The number of nitrogens with zero attached hydrogens (tertiary/aromatic N) is 2. The van der Waals surface area contributed by atoms with Crippen molar-refractivity contribution in [2.24, 2.45) is 0 Å². The first-order valence-corrected chi connectivity index (χ1v) is 7.59. The van der Waals surface area contributed by atoms with Gasteiger partial charge in [-0.25, -0.2) is 9.78 Å². The molecule has 0 aliphatic carbocycles. The molecule has 0 saturated heterocycles. The number of para-hydroxylation sites is 1. The monoisotopic (exact) mass is 314 g/mol.